The second kappa shape index (κ2) is 4.06. The smallest absolute Gasteiger partial charge is 0.356 e. The number of pyridine rings is 1. The first kappa shape index (κ1) is 11.4. The van der Waals surface area contributed by atoms with E-state index in [1.165, 1.54) is 0 Å². The molecule has 0 spiro atoms. The molecule has 3 N–H and O–H groups in total. The van der Waals surface area contributed by atoms with Crippen LogP contribution in [0, 0.1) is 0 Å². The predicted octanol–water partition coefficient (Wildman–Crippen LogP) is 0.557. The summed E-state index contributed by atoms with van der Waals surface area (Å²) in [4.78, 5) is 17.0. The molecule has 2 heterocycles. The zero-order chi connectivity index (χ0) is 12.6. The fraction of sp³-hybridized carbons (Fsp3) is 0.273. The molecule has 0 aliphatic rings. The first-order valence-corrected chi connectivity index (χ1v) is 5.17. The minimum atomic E-state index is -1.04. The molecule has 2 aromatic rings. The van der Waals surface area contributed by atoms with Gasteiger partial charge in [0, 0.05) is 14.1 Å². The van der Waals surface area contributed by atoms with Gasteiger partial charge in [-0.05, 0) is 12.1 Å². The highest BCUT2D eigenvalue weighted by Gasteiger charge is 2.18. The predicted molar refractivity (Wildman–Crippen MR) is 64.4 cm³/mol. The second-order valence-corrected chi connectivity index (χ2v) is 3.88. The average Bonchev–Trinajstić information content (AvgIpc) is 2.67. The van der Waals surface area contributed by atoms with Gasteiger partial charge >= 0.3 is 5.97 Å². The van der Waals surface area contributed by atoms with Crippen molar-refractivity contribution in [2.45, 2.75) is 6.54 Å². The van der Waals surface area contributed by atoms with Gasteiger partial charge in [-0.25, -0.2) is 9.78 Å². The highest BCUT2D eigenvalue weighted by Crippen LogP contribution is 2.20. The van der Waals surface area contributed by atoms with Crippen LogP contribution in [0.3, 0.4) is 0 Å². The van der Waals surface area contributed by atoms with Crippen molar-refractivity contribution in [3.63, 3.8) is 0 Å². The van der Waals surface area contributed by atoms with Crippen molar-refractivity contribution < 1.29 is 9.90 Å². The molecule has 2 aromatic heterocycles. The van der Waals surface area contributed by atoms with Crippen LogP contribution in [0.1, 0.15) is 16.3 Å². The highest BCUT2D eigenvalue weighted by atomic mass is 16.4. The van der Waals surface area contributed by atoms with Crippen LogP contribution in [0.15, 0.2) is 18.2 Å². The van der Waals surface area contributed by atoms with Crippen LogP contribution in [0.2, 0.25) is 0 Å². The van der Waals surface area contributed by atoms with Crippen molar-refractivity contribution in [1.82, 2.24) is 9.38 Å². The molecule has 0 aliphatic carbocycles. The number of aromatic carboxylic acids is 1. The largest absolute Gasteiger partial charge is 0.476 e. The maximum Gasteiger partial charge on any atom is 0.356 e. The number of fused-ring (bicyclic) bond motifs is 1. The Hall–Kier alpha value is -2.08. The van der Waals surface area contributed by atoms with E-state index in [2.05, 4.69) is 4.98 Å². The summed E-state index contributed by atoms with van der Waals surface area (Å²) >= 11 is 0. The lowest BCUT2D eigenvalue weighted by atomic mass is 10.3. The van der Waals surface area contributed by atoms with Crippen LogP contribution < -0.4 is 10.6 Å². The van der Waals surface area contributed by atoms with Gasteiger partial charge in [-0.15, -0.1) is 0 Å². The number of hydrogen-bond donors (Lipinski definition) is 2. The number of hydrogen-bond acceptors (Lipinski definition) is 4. The van der Waals surface area contributed by atoms with E-state index in [9.17, 15) is 4.79 Å². The number of aromatic nitrogens is 2. The summed E-state index contributed by atoms with van der Waals surface area (Å²) in [6.45, 7) is 0.194. The Morgan fingerprint density at radius 3 is 2.76 bits per heavy atom. The monoisotopic (exact) mass is 234 g/mol. The summed E-state index contributed by atoms with van der Waals surface area (Å²) in [6.07, 6.45) is 0. The topological polar surface area (TPSA) is 83.9 Å². The van der Waals surface area contributed by atoms with Crippen molar-refractivity contribution in [2.75, 3.05) is 19.0 Å². The standard InChI is InChI=1S/C11H14N4O2/c1-14(2)9-5-3-4-7-10(11(16)17)13-8(6-12)15(7)9/h3-5H,6,12H2,1-2H3,(H,16,17). The molecule has 0 fully saturated rings. The van der Waals surface area contributed by atoms with Crippen LogP contribution in [-0.4, -0.2) is 34.6 Å². The van der Waals surface area contributed by atoms with E-state index in [4.69, 9.17) is 10.8 Å². The number of carbonyl (C=O) groups is 1. The molecule has 6 nitrogen and oxygen atoms in total. The molecule has 17 heavy (non-hydrogen) atoms. The molecule has 0 radical (unpaired) electrons. The Morgan fingerprint density at radius 1 is 1.53 bits per heavy atom. The zero-order valence-electron chi connectivity index (χ0n) is 9.71. The Kier molecular flexibility index (Phi) is 2.72. The number of carboxylic acid groups (broad SMARTS) is 1. The molecule has 0 aliphatic heterocycles. The van der Waals surface area contributed by atoms with Crippen molar-refractivity contribution in [3.8, 4) is 0 Å². The lowest BCUT2D eigenvalue weighted by molar-refractivity contribution is 0.0693. The van der Waals surface area contributed by atoms with E-state index in [1.54, 1.807) is 16.5 Å². The van der Waals surface area contributed by atoms with E-state index in [0.29, 0.717) is 11.3 Å². The van der Waals surface area contributed by atoms with Gasteiger partial charge in [0.15, 0.2) is 5.69 Å². The van der Waals surface area contributed by atoms with Crippen molar-refractivity contribution in [3.05, 3.63) is 29.7 Å². The van der Waals surface area contributed by atoms with Crippen LogP contribution in [-0.2, 0) is 6.54 Å². The molecule has 0 atom stereocenters. The van der Waals surface area contributed by atoms with Crippen molar-refractivity contribution in [2.24, 2.45) is 5.73 Å². The summed E-state index contributed by atoms with van der Waals surface area (Å²) in [5, 5.41) is 9.09. The first-order valence-electron chi connectivity index (χ1n) is 5.17. The molecule has 0 bridgehead atoms. The van der Waals surface area contributed by atoms with E-state index < -0.39 is 5.97 Å². The van der Waals surface area contributed by atoms with Gasteiger partial charge in [0.2, 0.25) is 0 Å². The molecule has 0 saturated carbocycles. The van der Waals surface area contributed by atoms with E-state index in [-0.39, 0.29) is 12.2 Å². The van der Waals surface area contributed by atoms with Gasteiger partial charge in [0.1, 0.15) is 11.6 Å². The van der Waals surface area contributed by atoms with E-state index in [1.807, 2.05) is 25.1 Å². The Balaban J connectivity index is 2.84. The van der Waals surface area contributed by atoms with Gasteiger partial charge in [-0.1, -0.05) is 6.07 Å². The maximum atomic E-state index is 11.1. The van der Waals surface area contributed by atoms with Crippen molar-refractivity contribution in [1.29, 1.82) is 0 Å². The minimum absolute atomic E-state index is 0.0363. The minimum Gasteiger partial charge on any atom is -0.476 e. The summed E-state index contributed by atoms with van der Waals surface area (Å²) in [7, 11) is 3.77. The van der Waals surface area contributed by atoms with Crippen molar-refractivity contribution >= 4 is 17.3 Å². The third kappa shape index (κ3) is 1.72. The second-order valence-electron chi connectivity index (χ2n) is 3.88. The maximum absolute atomic E-state index is 11.1. The van der Waals surface area contributed by atoms with Gasteiger partial charge in [0.05, 0.1) is 12.1 Å². The third-order valence-corrected chi connectivity index (χ3v) is 2.55. The highest BCUT2D eigenvalue weighted by molar-refractivity contribution is 5.94. The van der Waals surface area contributed by atoms with Gasteiger partial charge in [-0.2, -0.15) is 0 Å². The Morgan fingerprint density at radius 2 is 2.24 bits per heavy atom. The summed E-state index contributed by atoms with van der Waals surface area (Å²) < 4.78 is 1.77. The molecule has 2 rings (SSSR count). The van der Waals surface area contributed by atoms with E-state index >= 15 is 0 Å². The number of nitrogens with zero attached hydrogens (tertiary/aromatic N) is 3. The number of anilines is 1. The third-order valence-electron chi connectivity index (χ3n) is 2.55. The zero-order valence-corrected chi connectivity index (χ0v) is 9.71. The number of rotatable bonds is 3. The Labute approximate surface area is 98.3 Å². The molecule has 0 amide bonds. The Bertz CT molecular complexity index is 574. The summed E-state index contributed by atoms with van der Waals surface area (Å²) in [5.41, 5.74) is 6.20. The number of nitrogens with two attached hydrogens (primary N) is 1. The summed E-state index contributed by atoms with van der Waals surface area (Å²) in [6, 6.07) is 5.42. The summed E-state index contributed by atoms with van der Waals surface area (Å²) in [5.74, 6) is 0.350. The van der Waals surface area contributed by atoms with Crippen LogP contribution in [0.5, 0.6) is 0 Å². The van der Waals surface area contributed by atoms with Crippen LogP contribution >= 0.6 is 0 Å². The molecule has 0 unspecified atom stereocenters. The quantitative estimate of drug-likeness (QED) is 0.810. The van der Waals surface area contributed by atoms with Gasteiger partial charge in [-0.3, -0.25) is 4.40 Å². The molecule has 0 aromatic carbocycles. The van der Waals surface area contributed by atoms with Gasteiger partial charge < -0.3 is 15.7 Å². The molecule has 6 heteroatoms. The van der Waals surface area contributed by atoms with Crippen LogP contribution in [0.4, 0.5) is 5.82 Å². The van der Waals surface area contributed by atoms with E-state index in [0.717, 1.165) is 5.82 Å². The first-order chi connectivity index (χ1) is 8.06. The fourth-order valence-electron chi connectivity index (χ4n) is 1.83. The SMILES string of the molecule is CN(C)c1cccc2c(C(=O)O)nc(CN)n12. The fourth-order valence-corrected chi connectivity index (χ4v) is 1.83. The normalized spacial score (nSPS) is 10.8. The lowest BCUT2D eigenvalue weighted by Gasteiger charge is -2.15. The molecular formula is C11H14N4O2. The van der Waals surface area contributed by atoms with Gasteiger partial charge in [0.25, 0.3) is 0 Å². The molecule has 90 valence electrons. The average molecular weight is 234 g/mol. The molecule has 0 saturated heterocycles. The number of imidazole rings is 1. The molecular weight excluding hydrogens is 220 g/mol. The number of carboxylic acids is 1. The lowest BCUT2D eigenvalue weighted by Crippen LogP contribution is -2.15. The van der Waals surface area contributed by atoms with Crippen LogP contribution in [0.25, 0.3) is 5.52 Å².